The van der Waals surface area contributed by atoms with Crippen molar-refractivity contribution < 1.29 is 0 Å². The van der Waals surface area contributed by atoms with Crippen molar-refractivity contribution in [1.82, 2.24) is 9.97 Å². The largest absolute Gasteiger partial charge is 0.340 e. The molecule has 0 atom stereocenters. The molecule has 88 valence electrons. The molecule has 0 spiro atoms. The maximum Gasteiger partial charge on any atom is 0.224 e. The molecule has 1 heterocycles. The Morgan fingerprint density at radius 3 is 2.53 bits per heavy atom. The molecule has 0 aliphatic rings. The molecule has 2 rings (SSSR count). The van der Waals surface area contributed by atoms with Crippen LogP contribution in [0.25, 0.3) is 0 Å². The zero-order valence-corrected chi connectivity index (χ0v) is 10.8. The first-order valence-corrected chi connectivity index (χ1v) is 5.77. The molecule has 0 amide bonds. The average molecular weight is 248 g/mol. The molecule has 1 N–H and O–H groups in total. The van der Waals surface area contributed by atoms with Gasteiger partial charge in [-0.15, -0.1) is 0 Å². The number of hydrogen-bond acceptors (Lipinski definition) is 3. The molecular weight excluding hydrogens is 234 g/mol. The van der Waals surface area contributed by atoms with Crippen molar-refractivity contribution in [2.24, 2.45) is 0 Å². The Morgan fingerprint density at radius 1 is 1.06 bits per heavy atom. The summed E-state index contributed by atoms with van der Waals surface area (Å²) in [6, 6.07) is 6.19. The van der Waals surface area contributed by atoms with Gasteiger partial charge in [-0.3, -0.25) is 0 Å². The molecule has 2 aromatic rings. The van der Waals surface area contributed by atoms with E-state index in [0.717, 1.165) is 17.1 Å². The molecule has 0 saturated heterocycles. The van der Waals surface area contributed by atoms with Gasteiger partial charge in [0.25, 0.3) is 0 Å². The highest BCUT2D eigenvalue weighted by Gasteiger charge is 2.03. The molecule has 0 bridgehead atoms. The molecule has 4 heteroatoms. The smallest absolute Gasteiger partial charge is 0.224 e. The van der Waals surface area contributed by atoms with Crippen LogP contribution in [0.1, 0.15) is 16.7 Å². The number of nitrogens with zero attached hydrogens (tertiary/aromatic N) is 2. The molecule has 1 aromatic heterocycles. The van der Waals surface area contributed by atoms with Crippen molar-refractivity contribution in [1.29, 1.82) is 0 Å². The summed E-state index contributed by atoms with van der Waals surface area (Å²) in [5, 5.41) is 3.50. The van der Waals surface area contributed by atoms with Crippen molar-refractivity contribution in [2.75, 3.05) is 5.32 Å². The number of aryl methyl sites for hydroxylation is 3. The van der Waals surface area contributed by atoms with Crippen LogP contribution in [0.4, 0.5) is 11.5 Å². The summed E-state index contributed by atoms with van der Waals surface area (Å²) in [6.07, 6.45) is 1.71. The summed E-state index contributed by atoms with van der Waals surface area (Å²) in [5.74, 6) is 0.744. The topological polar surface area (TPSA) is 37.8 Å². The van der Waals surface area contributed by atoms with E-state index in [0.29, 0.717) is 0 Å². The number of hydrogen-bond donors (Lipinski definition) is 1. The van der Waals surface area contributed by atoms with Crippen molar-refractivity contribution in [3.05, 3.63) is 46.4 Å². The average Bonchev–Trinajstić information content (AvgIpc) is 2.29. The highest BCUT2D eigenvalue weighted by atomic mass is 35.5. The third-order valence-corrected chi connectivity index (χ3v) is 2.89. The Labute approximate surface area is 106 Å². The van der Waals surface area contributed by atoms with E-state index in [1.165, 1.54) is 11.1 Å². The zero-order chi connectivity index (χ0) is 12.4. The van der Waals surface area contributed by atoms with Crippen molar-refractivity contribution in [3.63, 3.8) is 0 Å². The van der Waals surface area contributed by atoms with Crippen LogP contribution in [0.5, 0.6) is 0 Å². The van der Waals surface area contributed by atoms with Gasteiger partial charge in [0, 0.05) is 17.4 Å². The Morgan fingerprint density at radius 2 is 1.82 bits per heavy atom. The van der Waals surface area contributed by atoms with Crippen LogP contribution in [0, 0.1) is 20.8 Å². The van der Waals surface area contributed by atoms with Crippen LogP contribution in [-0.2, 0) is 0 Å². The van der Waals surface area contributed by atoms with E-state index in [-0.39, 0.29) is 5.28 Å². The van der Waals surface area contributed by atoms with Gasteiger partial charge in [-0.2, -0.15) is 0 Å². The summed E-state index contributed by atoms with van der Waals surface area (Å²) < 4.78 is 0. The van der Waals surface area contributed by atoms with Gasteiger partial charge in [0.2, 0.25) is 5.28 Å². The molecule has 0 saturated carbocycles. The Hall–Kier alpha value is -1.61. The Balaban J connectivity index is 2.31. The lowest BCUT2D eigenvalue weighted by atomic mass is 10.1. The van der Waals surface area contributed by atoms with Crippen molar-refractivity contribution in [3.8, 4) is 0 Å². The van der Waals surface area contributed by atoms with Gasteiger partial charge in [-0.05, 0) is 55.6 Å². The predicted molar refractivity (Wildman–Crippen MR) is 71.0 cm³/mol. The van der Waals surface area contributed by atoms with Gasteiger partial charge < -0.3 is 5.32 Å². The van der Waals surface area contributed by atoms with E-state index >= 15 is 0 Å². The molecule has 0 fully saturated rings. The number of halogens is 1. The maximum atomic E-state index is 5.78. The zero-order valence-electron chi connectivity index (χ0n) is 10.1. The number of benzene rings is 1. The molecule has 3 nitrogen and oxygen atoms in total. The second kappa shape index (κ2) is 4.72. The van der Waals surface area contributed by atoms with Crippen LogP contribution in [0.2, 0.25) is 5.28 Å². The van der Waals surface area contributed by atoms with E-state index in [9.17, 15) is 0 Å². The molecule has 0 radical (unpaired) electrons. The predicted octanol–water partition coefficient (Wildman–Crippen LogP) is 3.80. The fraction of sp³-hybridized carbons (Fsp3) is 0.231. The molecule has 17 heavy (non-hydrogen) atoms. The van der Waals surface area contributed by atoms with Crippen LogP contribution >= 0.6 is 11.6 Å². The van der Waals surface area contributed by atoms with Crippen molar-refractivity contribution >= 4 is 23.1 Å². The minimum atomic E-state index is 0.252. The van der Waals surface area contributed by atoms with Crippen LogP contribution < -0.4 is 5.32 Å². The Bertz CT molecular complexity index is 552. The first-order chi connectivity index (χ1) is 8.06. The van der Waals surface area contributed by atoms with E-state index in [2.05, 4.69) is 41.3 Å². The summed E-state index contributed by atoms with van der Waals surface area (Å²) >= 11 is 5.78. The molecular formula is C13H14ClN3. The number of rotatable bonds is 2. The highest BCUT2D eigenvalue weighted by Crippen LogP contribution is 2.21. The standard InChI is InChI=1S/C13H14ClN3/c1-8-4-5-11(6-9(8)2)16-12-10(3)7-15-13(14)17-12/h4-7H,1-3H3,(H,15,16,17). The summed E-state index contributed by atoms with van der Waals surface area (Å²) in [7, 11) is 0. The lowest BCUT2D eigenvalue weighted by Gasteiger charge is -2.10. The van der Waals surface area contributed by atoms with Gasteiger partial charge in [0.05, 0.1) is 0 Å². The number of nitrogens with one attached hydrogen (secondary N) is 1. The summed E-state index contributed by atoms with van der Waals surface area (Å²) in [4.78, 5) is 8.09. The van der Waals surface area contributed by atoms with E-state index in [4.69, 9.17) is 11.6 Å². The lowest BCUT2D eigenvalue weighted by molar-refractivity contribution is 1.13. The van der Waals surface area contributed by atoms with Gasteiger partial charge in [0.15, 0.2) is 0 Å². The van der Waals surface area contributed by atoms with Gasteiger partial charge in [0.1, 0.15) is 5.82 Å². The minimum Gasteiger partial charge on any atom is -0.340 e. The quantitative estimate of drug-likeness (QED) is 0.821. The molecule has 1 aromatic carbocycles. The van der Waals surface area contributed by atoms with Gasteiger partial charge in [-0.1, -0.05) is 6.07 Å². The Kier molecular flexibility index (Phi) is 3.29. The number of aromatic nitrogens is 2. The first-order valence-electron chi connectivity index (χ1n) is 5.39. The molecule has 0 aliphatic heterocycles. The fourth-order valence-electron chi connectivity index (χ4n) is 1.50. The van der Waals surface area contributed by atoms with Crippen molar-refractivity contribution in [2.45, 2.75) is 20.8 Å². The normalized spacial score (nSPS) is 10.4. The third kappa shape index (κ3) is 2.74. The van der Waals surface area contributed by atoms with E-state index in [1.807, 2.05) is 13.0 Å². The minimum absolute atomic E-state index is 0.252. The lowest BCUT2D eigenvalue weighted by Crippen LogP contribution is -1.98. The highest BCUT2D eigenvalue weighted by molar-refractivity contribution is 6.28. The molecule has 0 unspecified atom stereocenters. The summed E-state index contributed by atoms with van der Waals surface area (Å²) in [5.41, 5.74) is 4.49. The SMILES string of the molecule is Cc1ccc(Nc2nc(Cl)ncc2C)cc1C. The van der Waals surface area contributed by atoms with Crippen LogP contribution in [-0.4, -0.2) is 9.97 Å². The van der Waals surface area contributed by atoms with Gasteiger partial charge in [-0.25, -0.2) is 9.97 Å². The fourth-order valence-corrected chi connectivity index (χ4v) is 1.64. The molecule has 0 aliphatic carbocycles. The van der Waals surface area contributed by atoms with Crippen LogP contribution in [0.15, 0.2) is 24.4 Å². The van der Waals surface area contributed by atoms with E-state index < -0.39 is 0 Å². The van der Waals surface area contributed by atoms with E-state index in [1.54, 1.807) is 6.20 Å². The van der Waals surface area contributed by atoms with Crippen LogP contribution in [0.3, 0.4) is 0 Å². The first kappa shape index (κ1) is 11.9. The summed E-state index contributed by atoms with van der Waals surface area (Å²) in [6.45, 7) is 6.12. The van der Waals surface area contributed by atoms with Gasteiger partial charge >= 0.3 is 0 Å². The monoisotopic (exact) mass is 247 g/mol. The third-order valence-electron chi connectivity index (χ3n) is 2.71. The second-order valence-corrected chi connectivity index (χ2v) is 4.43. The second-order valence-electron chi connectivity index (χ2n) is 4.09. The number of anilines is 2. The maximum absolute atomic E-state index is 5.78.